The average molecular weight is 254 g/mol. The fraction of sp³-hybridized carbons (Fsp3) is 0.333. The van der Waals surface area contributed by atoms with Crippen molar-refractivity contribution in [2.24, 2.45) is 5.16 Å². The van der Waals surface area contributed by atoms with Gasteiger partial charge < -0.3 is 15.3 Å². The highest BCUT2D eigenvalue weighted by Gasteiger charge is 2.19. The maximum atomic E-state index is 11.6. The number of thiazole rings is 1. The van der Waals surface area contributed by atoms with Crippen LogP contribution in [-0.2, 0) is 14.4 Å². The highest BCUT2D eigenvalue weighted by molar-refractivity contribution is 7.13. The van der Waals surface area contributed by atoms with E-state index in [1.807, 2.05) is 0 Å². The van der Waals surface area contributed by atoms with Crippen molar-refractivity contribution in [1.29, 1.82) is 5.26 Å². The molecular weight excluding hydrogens is 244 g/mol. The third kappa shape index (κ3) is 3.73. The van der Waals surface area contributed by atoms with Gasteiger partial charge in [0.15, 0.2) is 5.13 Å². The van der Waals surface area contributed by atoms with Crippen LogP contribution in [0.3, 0.4) is 0 Å². The van der Waals surface area contributed by atoms with Gasteiger partial charge in [0.2, 0.25) is 12.3 Å². The van der Waals surface area contributed by atoms with Crippen LogP contribution in [0.4, 0.5) is 5.13 Å². The molecule has 0 unspecified atom stereocenters. The quantitative estimate of drug-likeness (QED) is 0.355. The number of carbonyl (C=O) groups is 1. The van der Waals surface area contributed by atoms with E-state index in [9.17, 15) is 4.79 Å². The number of nitrogens with zero attached hydrogens (tertiary/aromatic N) is 3. The van der Waals surface area contributed by atoms with Crippen LogP contribution >= 0.6 is 11.3 Å². The van der Waals surface area contributed by atoms with E-state index in [2.05, 4.69) is 15.0 Å². The first-order chi connectivity index (χ1) is 8.19. The van der Waals surface area contributed by atoms with Crippen molar-refractivity contribution < 1.29 is 14.4 Å². The molecule has 0 aliphatic heterocycles. The van der Waals surface area contributed by atoms with Gasteiger partial charge in [0.1, 0.15) is 11.8 Å². The Bertz CT molecular complexity index is 463. The lowest BCUT2D eigenvalue weighted by Gasteiger charge is -2.02. The van der Waals surface area contributed by atoms with Gasteiger partial charge in [-0.15, -0.1) is 11.3 Å². The van der Waals surface area contributed by atoms with Gasteiger partial charge in [-0.25, -0.2) is 9.78 Å². The average Bonchev–Trinajstić information content (AvgIpc) is 2.71. The Kier molecular flexibility index (Phi) is 4.90. The van der Waals surface area contributed by atoms with Gasteiger partial charge >= 0.3 is 5.97 Å². The summed E-state index contributed by atoms with van der Waals surface area (Å²) >= 11 is 1.16. The summed E-state index contributed by atoms with van der Waals surface area (Å²) < 4.78 is 4.79. The minimum absolute atomic E-state index is 0.102. The second kappa shape index (κ2) is 6.44. The van der Waals surface area contributed by atoms with Crippen LogP contribution in [0.5, 0.6) is 0 Å². The molecular formula is C9H10N4O3S. The summed E-state index contributed by atoms with van der Waals surface area (Å²) in [6.45, 7) is 1.61. The molecule has 0 atom stereocenters. The standard InChI is InChI=1S/C9H10N4O3S/c1-2-15-8(14)7(13-16-4-3-10)6-5-17-9(11)12-6/h5H,2,4H2,1H3,(H2,11,12). The molecule has 0 fully saturated rings. The van der Waals surface area contributed by atoms with Gasteiger partial charge in [0.25, 0.3) is 0 Å². The number of carbonyl (C=O) groups excluding carboxylic acids is 1. The van der Waals surface area contributed by atoms with Gasteiger partial charge in [-0.3, -0.25) is 0 Å². The third-order valence-electron chi connectivity index (χ3n) is 1.52. The van der Waals surface area contributed by atoms with E-state index in [1.165, 1.54) is 0 Å². The number of esters is 1. The Morgan fingerprint density at radius 2 is 2.53 bits per heavy atom. The predicted octanol–water partition coefficient (Wildman–Crippen LogP) is 0.533. The van der Waals surface area contributed by atoms with Crippen molar-refractivity contribution in [3.63, 3.8) is 0 Å². The summed E-state index contributed by atoms with van der Waals surface area (Å²) in [6, 6.07) is 1.73. The van der Waals surface area contributed by atoms with Crippen molar-refractivity contribution in [3.05, 3.63) is 11.1 Å². The largest absolute Gasteiger partial charge is 0.461 e. The Morgan fingerprint density at radius 3 is 3.06 bits per heavy atom. The van der Waals surface area contributed by atoms with Crippen LogP contribution in [-0.4, -0.2) is 29.9 Å². The van der Waals surface area contributed by atoms with Gasteiger partial charge in [-0.05, 0) is 6.92 Å². The number of ether oxygens (including phenoxy) is 1. The smallest absolute Gasteiger partial charge is 0.362 e. The fourth-order valence-corrected chi connectivity index (χ4v) is 1.46. The molecule has 0 amide bonds. The maximum absolute atomic E-state index is 11.6. The van der Waals surface area contributed by atoms with Crippen molar-refractivity contribution in [1.82, 2.24) is 4.98 Å². The van der Waals surface area contributed by atoms with Gasteiger partial charge in [0, 0.05) is 5.38 Å². The summed E-state index contributed by atoms with van der Waals surface area (Å²) in [5, 5.41) is 13.7. The Hall–Kier alpha value is -2.14. The molecule has 0 aromatic carbocycles. The molecule has 17 heavy (non-hydrogen) atoms. The summed E-state index contributed by atoms with van der Waals surface area (Å²) in [5.41, 5.74) is 5.62. The zero-order valence-electron chi connectivity index (χ0n) is 9.04. The molecule has 0 aliphatic carbocycles. The Balaban J connectivity index is 2.90. The lowest BCUT2D eigenvalue weighted by atomic mass is 10.3. The van der Waals surface area contributed by atoms with E-state index in [0.717, 1.165) is 11.3 Å². The molecule has 7 nitrogen and oxygen atoms in total. The van der Waals surface area contributed by atoms with Crippen molar-refractivity contribution >= 4 is 28.1 Å². The van der Waals surface area contributed by atoms with Gasteiger partial charge in [-0.2, -0.15) is 5.26 Å². The molecule has 1 rings (SSSR count). The predicted molar refractivity (Wildman–Crippen MR) is 61.3 cm³/mol. The topological polar surface area (TPSA) is 111 Å². The number of aromatic nitrogens is 1. The minimum Gasteiger partial charge on any atom is -0.461 e. The lowest BCUT2D eigenvalue weighted by Crippen LogP contribution is -2.19. The lowest BCUT2D eigenvalue weighted by molar-refractivity contribution is -0.135. The molecule has 1 heterocycles. The van der Waals surface area contributed by atoms with Crippen molar-refractivity contribution in [2.45, 2.75) is 6.92 Å². The Morgan fingerprint density at radius 1 is 1.76 bits per heavy atom. The third-order valence-corrected chi connectivity index (χ3v) is 2.19. The zero-order valence-corrected chi connectivity index (χ0v) is 9.86. The number of nitrogens with two attached hydrogens (primary N) is 1. The van der Waals surface area contributed by atoms with Crippen LogP contribution in [0.1, 0.15) is 12.6 Å². The number of anilines is 1. The fourth-order valence-electron chi connectivity index (χ4n) is 0.910. The maximum Gasteiger partial charge on any atom is 0.362 e. The minimum atomic E-state index is -0.671. The zero-order chi connectivity index (χ0) is 12.7. The first kappa shape index (κ1) is 12.9. The van der Waals surface area contributed by atoms with Crippen molar-refractivity contribution in [2.75, 3.05) is 18.9 Å². The molecule has 1 aromatic rings. The van der Waals surface area contributed by atoms with E-state index >= 15 is 0 Å². The molecule has 0 radical (unpaired) electrons. The highest BCUT2D eigenvalue weighted by atomic mass is 32.1. The molecule has 1 aromatic heterocycles. The van der Waals surface area contributed by atoms with E-state index in [4.69, 9.17) is 15.7 Å². The number of hydrogen-bond acceptors (Lipinski definition) is 8. The van der Waals surface area contributed by atoms with E-state index in [0.29, 0.717) is 5.13 Å². The second-order valence-electron chi connectivity index (χ2n) is 2.66. The molecule has 0 saturated heterocycles. The van der Waals surface area contributed by atoms with E-state index in [1.54, 1.807) is 18.4 Å². The first-order valence-electron chi connectivity index (χ1n) is 4.64. The second-order valence-corrected chi connectivity index (χ2v) is 3.55. The van der Waals surface area contributed by atoms with E-state index in [-0.39, 0.29) is 24.6 Å². The van der Waals surface area contributed by atoms with Crippen LogP contribution in [0.25, 0.3) is 0 Å². The monoisotopic (exact) mass is 254 g/mol. The molecule has 0 spiro atoms. The molecule has 0 aliphatic rings. The van der Waals surface area contributed by atoms with Crippen molar-refractivity contribution in [3.8, 4) is 6.07 Å². The number of oxime groups is 1. The number of hydrogen-bond donors (Lipinski definition) is 1. The number of nitrogen functional groups attached to an aromatic ring is 1. The normalized spacial score (nSPS) is 10.7. The number of rotatable bonds is 5. The first-order valence-corrected chi connectivity index (χ1v) is 5.52. The summed E-state index contributed by atoms with van der Waals surface area (Å²) in [7, 11) is 0. The molecule has 8 heteroatoms. The SMILES string of the molecule is CCOC(=O)C(=NOCC#N)c1csc(N)n1. The summed E-state index contributed by atoms with van der Waals surface area (Å²) in [6.07, 6.45) is 0. The summed E-state index contributed by atoms with van der Waals surface area (Å²) in [4.78, 5) is 20.1. The molecule has 0 saturated carbocycles. The molecule has 0 bridgehead atoms. The van der Waals surface area contributed by atoms with Crippen LogP contribution < -0.4 is 5.73 Å². The van der Waals surface area contributed by atoms with Gasteiger partial charge in [0.05, 0.1) is 6.61 Å². The Labute approximate surface area is 101 Å². The van der Waals surface area contributed by atoms with E-state index < -0.39 is 5.97 Å². The molecule has 2 N–H and O–H groups in total. The number of nitriles is 1. The summed E-state index contributed by atoms with van der Waals surface area (Å²) in [5.74, 6) is -0.671. The highest BCUT2D eigenvalue weighted by Crippen LogP contribution is 2.12. The van der Waals surface area contributed by atoms with Crippen LogP contribution in [0.2, 0.25) is 0 Å². The van der Waals surface area contributed by atoms with Crippen LogP contribution in [0.15, 0.2) is 10.5 Å². The van der Waals surface area contributed by atoms with Crippen LogP contribution in [0, 0.1) is 11.3 Å². The van der Waals surface area contributed by atoms with Gasteiger partial charge in [-0.1, -0.05) is 5.16 Å². The molecule has 90 valence electrons.